The lowest BCUT2D eigenvalue weighted by Crippen LogP contribution is -2.35. The molecule has 0 unspecified atom stereocenters. The number of carbonyl (C=O) groups is 1. The van der Waals surface area contributed by atoms with Crippen molar-refractivity contribution in [3.05, 3.63) is 17.2 Å². The maximum atomic E-state index is 13.3. The predicted octanol–water partition coefficient (Wildman–Crippen LogP) is 2.80. The first-order chi connectivity index (χ1) is 8.65. The van der Waals surface area contributed by atoms with Crippen LogP contribution in [-0.2, 0) is 17.1 Å². The zero-order valence-electron chi connectivity index (χ0n) is 10.1. The molecule has 0 bridgehead atoms. The Balaban J connectivity index is 3.36. The highest BCUT2D eigenvalue weighted by molar-refractivity contribution is 5.88. The summed E-state index contributed by atoms with van der Waals surface area (Å²) in [5.41, 5.74) is -2.64. The Labute approximate surface area is 105 Å². The number of carbonyl (C=O) groups excluding carboxylic acids is 1. The summed E-state index contributed by atoms with van der Waals surface area (Å²) in [6, 6.07) is 0. The van der Waals surface area contributed by atoms with Gasteiger partial charge in [0.05, 0.1) is 7.11 Å². The molecule has 4 nitrogen and oxygen atoms in total. The van der Waals surface area contributed by atoms with Crippen LogP contribution in [0.25, 0.3) is 0 Å². The molecule has 0 aromatic carbocycles. The highest BCUT2D eigenvalue weighted by Crippen LogP contribution is 2.44. The van der Waals surface area contributed by atoms with Crippen LogP contribution in [-0.4, -0.2) is 29.2 Å². The summed E-state index contributed by atoms with van der Waals surface area (Å²) < 4.78 is 67.6. The number of esters is 1. The molecule has 19 heavy (non-hydrogen) atoms. The molecule has 0 aliphatic heterocycles. The number of rotatable bonds is 4. The number of ether oxygens (including phenoxy) is 1. The minimum absolute atomic E-state index is 0.123. The maximum Gasteiger partial charge on any atom is 0.459 e. The third kappa shape index (κ3) is 2.85. The van der Waals surface area contributed by atoms with Crippen molar-refractivity contribution < 1.29 is 31.5 Å². The Morgan fingerprint density at radius 3 is 2.32 bits per heavy atom. The van der Waals surface area contributed by atoms with E-state index in [2.05, 4.69) is 9.72 Å². The zero-order chi connectivity index (χ0) is 14.8. The number of imidazole rings is 1. The van der Waals surface area contributed by atoms with Crippen LogP contribution in [0.5, 0.6) is 0 Å². The molecule has 1 aromatic rings. The lowest BCUT2D eigenvalue weighted by atomic mass is 10.2. The van der Waals surface area contributed by atoms with E-state index in [0.717, 1.165) is 7.11 Å². The van der Waals surface area contributed by atoms with Crippen LogP contribution in [0.15, 0.2) is 0 Å². The first-order valence-electron chi connectivity index (χ1n) is 5.27. The first kappa shape index (κ1) is 15.4. The normalized spacial score (nSPS) is 12.6. The fourth-order valence-electron chi connectivity index (χ4n) is 1.39. The highest BCUT2D eigenvalue weighted by Gasteiger charge is 2.61. The summed E-state index contributed by atoms with van der Waals surface area (Å²) in [6.07, 6.45) is -5.23. The number of alkyl halides is 5. The maximum absolute atomic E-state index is 13.3. The van der Waals surface area contributed by atoms with E-state index >= 15 is 0 Å². The van der Waals surface area contributed by atoms with E-state index in [1.807, 2.05) is 4.98 Å². The van der Waals surface area contributed by atoms with Gasteiger partial charge in [0.1, 0.15) is 11.5 Å². The first-order valence-corrected chi connectivity index (χ1v) is 5.27. The van der Waals surface area contributed by atoms with Gasteiger partial charge < -0.3 is 9.72 Å². The van der Waals surface area contributed by atoms with Crippen molar-refractivity contribution in [2.75, 3.05) is 7.11 Å². The molecule has 0 spiro atoms. The lowest BCUT2D eigenvalue weighted by molar-refractivity contribution is -0.291. The third-order valence-electron chi connectivity index (χ3n) is 2.29. The molecule has 1 heterocycles. The summed E-state index contributed by atoms with van der Waals surface area (Å²) in [4.78, 5) is 16.5. The van der Waals surface area contributed by atoms with Crippen LogP contribution in [0.1, 0.15) is 35.4 Å². The molecule has 0 radical (unpaired) electrons. The van der Waals surface area contributed by atoms with Gasteiger partial charge in [0, 0.05) is 6.42 Å². The Morgan fingerprint density at radius 2 is 1.89 bits per heavy atom. The second kappa shape index (κ2) is 5.14. The minimum atomic E-state index is -5.83. The van der Waals surface area contributed by atoms with Crippen molar-refractivity contribution >= 4 is 5.97 Å². The Bertz CT molecular complexity index is 467. The lowest BCUT2D eigenvalue weighted by Gasteiger charge is -2.18. The average Bonchev–Trinajstić information content (AvgIpc) is 2.71. The smallest absolute Gasteiger partial charge is 0.459 e. The molecule has 0 saturated heterocycles. The van der Waals surface area contributed by atoms with Crippen LogP contribution >= 0.6 is 0 Å². The molecule has 0 saturated carbocycles. The molecule has 0 fully saturated rings. The molecule has 9 heteroatoms. The third-order valence-corrected chi connectivity index (χ3v) is 2.29. The number of methoxy groups -OCH3 is 1. The molecule has 1 aromatic heterocycles. The van der Waals surface area contributed by atoms with Gasteiger partial charge in [0.2, 0.25) is 0 Å². The van der Waals surface area contributed by atoms with Gasteiger partial charge in [-0.15, -0.1) is 0 Å². The van der Waals surface area contributed by atoms with E-state index in [-0.39, 0.29) is 12.2 Å². The van der Waals surface area contributed by atoms with Gasteiger partial charge in [-0.2, -0.15) is 22.0 Å². The summed E-state index contributed by atoms with van der Waals surface area (Å²) in [5, 5.41) is 0. The summed E-state index contributed by atoms with van der Waals surface area (Å²) in [7, 11) is 0.867. The summed E-state index contributed by atoms with van der Waals surface area (Å²) in [6.45, 7) is 1.68. The quantitative estimate of drug-likeness (QED) is 0.684. The van der Waals surface area contributed by atoms with Crippen LogP contribution in [0.2, 0.25) is 0 Å². The van der Waals surface area contributed by atoms with Crippen molar-refractivity contribution in [2.45, 2.75) is 31.9 Å². The zero-order valence-corrected chi connectivity index (χ0v) is 10.1. The minimum Gasteiger partial charge on any atom is -0.464 e. The van der Waals surface area contributed by atoms with Crippen molar-refractivity contribution in [1.82, 2.24) is 9.97 Å². The van der Waals surface area contributed by atoms with Crippen LogP contribution < -0.4 is 0 Å². The van der Waals surface area contributed by atoms with E-state index in [0.29, 0.717) is 6.42 Å². The van der Waals surface area contributed by atoms with Gasteiger partial charge in [-0.1, -0.05) is 6.92 Å². The van der Waals surface area contributed by atoms with E-state index in [1.165, 1.54) is 0 Å². The van der Waals surface area contributed by atoms with Gasteiger partial charge in [-0.25, -0.2) is 9.78 Å². The molecule has 1 rings (SSSR count). The number of nitrogens with zero attached hydrogens (tertiary/aromatic N) is 1. The van der Waals surface area contributed by atoms with Gasteiger partial charge in [0.25, 0.3) is 0 Å². The predicted molar refractivity (Wildman–Crippen MR) is 53.9 cm³/mol. The van der Waals surface area contributed by atoms with Crippen LogP contribution in [0.4, 0.5) is 22.0 Å². The molecular weight excluding hydrogens is 275 g/mol. The monoisotopic (exact) mass is 286 g/mol. The van der Waals surface area contributed by atoms with E-state index < -0.39 is 29.5 Å². The van der Waals surface area contributed by atoms with Gasteiger partial charge >= 0.3 is 18.1 Å². The second-order valence-electron chi connectivity index (χ2n) is 3.72. The number of hydrogen-bond acceptors (Lipinski definition) is 3. The molecule has 1 N–H and O–H groups in total. The Morgan fingerprint density at radius 1 is 1.32 bits per heavy atom. The molecule has 0 aliphatic rings. The van der Waals surface area contributed by atoms with E-state index in [4.69, 9.17) is 0 Å². The van der Waals surface area contributed by atoms with Crippen molar-refractivity contribution in [1.29, 1.82) is 0 Å². The SMILES string of the molecule is CCCc1nc(C(=O)OC)c(C(F)(F)C(F)(F)F)[nH]1. The van der Waals surface area contributed by atoms with E-state index in [1.54, 1.807) is 6.92 Å². The number of aromatic amines is 1. The molecule has 0 amide bonds. The largest absolute Gasteiger partial charge is 0.464 e. The number of nitrogens with one attached hydrogen (secondary N) is 1. The van der Waals surface area contributed by atoms with Crippen LogP contribution in [0, 0.1) is 0 Å². The Hall–Kier alpha value is -1.67. The molecule has 0 aliphatic carbocycles. The van der Waals surface area contributed by atoms with Crippen molar-refractivity contribution in [3.63, 3.8) is 0 Å². The van der Waals surface area contributed by atoms with Crippen LogP contribution in [0.3, 0.4) is 0 Å². The van der Waals surface area contributed by atoms with Crippen molar-refractivity contribution in [2.24, 2.45) is 0 Å². The number of halogens is 5. The van der Waals surface area contributed by atoms with Gasteiger partial charge in [0.15, 0.2) is 5.69 Å². The summed E-state index contributed by atoms with van der Waals surface area (Å²) >= 11 is 0. The fraction of sp³-hybridized carbons (Fsp3) is 0.600. The molecular formula is C10H11F5N2O2. The number of hydrogen-bond donors (Lipinski definition) is 1. The number of H-pyrrole nitrogens is 1. The van der Waals surface area contributed by atoms with Gasteiger partial charge in [-0.05, 0) is 6.42 Å². The van der Waals surface area contributed by atoms with Gasteiger partial charge in [-0.3, -0.25) is 0 Å². The summed E-state index contributed by atoms with van der Waals surface area (Å²) in [5.74, 6) is -6.67. The number of aromatic nitrogens is 2. The number of aryl methyl sites for hydroxylation is 1. The topological polar surface area (TPSA) is 55.0 Å². The highest BCUT2D eigenvalue weighted by atomic mass is 19.4. The van der Waals surface area contributed by atoms with Crippen molar-refractivity contribution in [3.8, 4) is 0 Å². The van der Waals surface area contributed by atoms with E-state index in [9.17, 15) is 26.7 Å². The Kier molecular flexibility index (Phi) is 4.16. The fourth-order valence-corrected chi connectivity index (χ4v) is 1.39. The standard InChI is InChI=1S/C10H11F5N2O2/c1-3-4-5-16-6(8(18)19-2)7(17-5)9(11,12)10(13,14)15/h3-4H2,1-2H3,(H,16,17). The average molecular weight is 286 g/mol. The molecule has 0 atom stereocenters. The second-order valence-corrected chi connectivity index (χ2v) is 3.72. The molecule has 108 valence electrons.